The van der Waals surface area contributed by atoms with Gasteiger partial charge in [-0.2, -0.15) is 10.5 Å². The van der Waals surface area contributed by atoms with E-state index in [1.165, 1.54) is 32.1 Å². The van der Waals surface area contributed by atoms with E-state index >= 15 is 0 Å². The first-order chi connectivity index (χ1) is 14.1. The topological polar surface area (TPSA) is 71.6 Å². The number of carbonyl (C=O) groups excluding carboxylic acids is 1. The molecule has 8 heteroatoms. The van der Waals surface area contributed by atoms with Crippen molar-refractivity contribution in [2.45, 2.75) is 45.1 Å². The Labute approximate surface area is 174 Å². The van der Waals surface area contributed by atoms with Crippen molar-refractivity contribution in [3.05, 3.63) is 46.9 Å². The summed E-state index contributed by atoms with van der Waals surface area (Å²) in [6, 6.07) is 7.97. The molecule has 2 aliphatic rings. The van der Waals surface area contributed by atoms with Crippen molar-refractivity contribution >= 4 is 23.5 Å². The molecule has 1 N–H and O–H groups in total. The van der Waals surface area contributed by atoms with Gasteiger partial charge in [0.05, 0.1) is 12.3 Å². The largest absolute Gasteiger partial charge is 0.298 e. The Morgan fingerprint density at radius 2 is 2.03 bits per heavy atom. The molecule has 0 saturated heterocycles. The maximum Gasteiger partial charge on any atom is 0.298 e. The lowest BCUT2D eigenvalue weighted by Crippen LogP contribution is -2.51. The predicted octanol–water partition coefficient (Wildman–Crippen LogP) is 3.38. The molecule has 1 fully saturated rings. The van der Waals surface area contributed by atoms with Gasteiger partial charge in [0.1, 0.15) is 17.8 Å². The van der Waals surface area contributed by atoms with E-state index in [1.54, 1.807) is 17.6 Å². The van der Waals surface area contributed by atoms with Crippen LogP contribution in [0.4, 0.5) is 0 Å². The van der Waals surface area contributed by atoms with Crippen molar-refractivity contribution in [2.24, 2.45) is 17.1 Å². The van der Waals surface area contributed by atoms with Crippen molar-refractivity contribution in [2.75, 3.05) is 6.54 Å². The Kier molecular flexibility index (Phi) is 5.73. The van der Waals surface area contributed by atoms with Crippen LogP contribution in [-0.4, -0.2) is 39.2 Å². The SMILES string of the molecule is CC[N+]1(NC(=O)c2ccc(-c3nn(C)c(=NC4CCCCC4)s3)cc2)C=CC=N1. The van der Waals surface area contributed by atoms with E-state index in [9.17, 15) is 4.79 Å². The number of rotatable bonds is 5. The average Bonchev–Trinajstić information content (AvgIpc) is 3.36. The zero-order valence-corrected chi connectivity index (χ0v) is 17.7. The van der Waals surface area contributed by atoms with Gasteiger partial charge in [-0.1, -0.05) is 52.5 Å². The first kappa shape index (κ1) is 19.7. The van der Waals surface area contributed by atoms with Crippen LogP contribution >= 0.6 is 11.3 Å². The summed E-state index contributed by atoms with van der Waals surface area (Å²) in [6.07, 6.45) is 11.6. The van der Waals surface area contributed by atoms with E-state index < -0.39 is 0 Å². The standard InChI is InChI=1S/C21H26N6OS/c1-3-27(15-7-14-22-27)25-19(28)16-10-12-17(13-11-16)20-24-26(2)21(29-20)23-18-8-5-4-6-9-18/h7,10-15,18H,3-6,8-9H2,1-2H3/p+1. The van der Waals surface area contributed by atoms with Gasteiger partial charge in [0.15, 0.2) is 0 Å². The van der Waals surface area contributed by atoms with Crippen LogP contribution in [0.3, 0.4) is 0 Å². The molecule has 1 aliphatic heterocycles. The average molecular weight is 412 g/mol. The Balaban J connectivity index is 1.50. The first-order valence-corrected chi connectivity index (χ1v) is 11.0. The van der Waals surface area contributed by atoms with Gasteiger partial charge in [0.2, 0.25) is 4.80 Å². The number of aromatic nitrogens is 2. The van der Waals surface area contributed by atoms with E-state index in [0.717, 1.165) is 15.4 Å². The van der Waals surface area contributed by atoms with Crippen molar-refractivity contribution in [3.8, 4) is 10.6 Å². The van der Waals surface area contributed by atoms with Gasteiger partial charge < -0.3 is 0 Å². The second-order valence-electron chi connectivity index (χ2n) is 7.50. The fraction of sp³-hybridized carbons (Fsp3) is 0.429. The number of carbonyl (C=O) groups is 1. The van der Waals surface area contributed by atoms with Gasteiger partial charge >= 0.3 is 0 Å². The number of hydrogen-bond donors (Lipinski definition) is 1. The third kappa shape index (κ3) is 4.38. The van der Waals surface area contributed by atoms with Crippen LogP contribution in [0, 0.1) is 0 Å². The van der Waals surface area contributed by atoms with Crippen LogP contribution in [0.25, 0.3) is 10.6 Å². The number of hydrogen-bond acceptors (Lipinski definition) is 5. The zero-order valence-electron chi connectivity index (χ0n) is 16.9. The first-order valence-electron chi connectivity index (χ1n) is 10.2. The molecule has 1 saturated carbocycles. The molecule has 1 amide bonds. The molecule has 0 radical (unpaired) electrons. The lowest BCUT2D eigenvalue weighted by molar-refractivity contribution is -0.916. The van der Waals surface area contributed by atoms with E-state index in [2.05, 4.69) is 15.6 Å². The fourth-order valence-electron chi connectivity index (χ4n) is 3.66. The normalized spacial score (nSPS) is 22.3. The molecule has 0 spiro atoms. The Hall–Kier alpha value is -2.58. The van der Waals surface area contributed by atoms with Crippen molar-refractivity contribution in [1.82, 2.24) is 15.2 Å². The number of nitrogens with zero attached hydrogens (tertiary/aromatic N) is 5. The summed E-state index contributed by atoms with van der Waals surface area (Å²) in [4.78, 5) is 18.5. The third-order valence-corrected chi connectivity index (χ3v) is 6.50. The minimum Gasteiger partial charge on any atom is -0.264 e. The minimum absolute atomic E-state index is 0.0922. The summed E-state index contributed by atoms with van der Waals surface area (Å²) in [6.45, 7) is 2.63. The van der Waals surface area contributed by atoms with Crippen LogP contribution < -0.4 is 10.2 Å². The van der Waals surface area contributed by atoms with Gasteiger partial charge in [-0.15, -0.1) is 0 Å². The van der Waals surface area contributed by atoms with E-state index in [-0.39, 0.29) is 10.6 Å². The molecule has 0 bridgehead atoms. The lowest BCUT2D eigenvalue weighted by Gasteiger charge is -2.23. The smallest absolute Gasteiger partial charge is 0.264 e. The summed E-state index contributed by atoms with van der Waals surface area (Å²) in [5, 5.41) is 9.88. The van der Waals surface area contributed by atoms with Crippen molar-refractivity contribution in [1.29, 1.82) is 0 Å². The predicted molar refractivity (Wildman–Crippen MR) is 115 cm³/mol. The third-order valence-electron chi connectivity index (χ3n) is 5.44. The van der Waals surface area contributed by atoms with Gasteiger partial charge in [-0.05, 0) is 31.9 Å². The van der Waals surface area contributed by atoms with E-state index in [4.69, 9.17) is 4.99 Å². The highest BCUT2D eigenvalue weighted by Gasteiger charge is 2.28. The highest BCUT2D eigenvalue weighted by Crippen LogP contribution is 2.22. The van der Waals surface area contributed by atoms with Gasteiger partial charge in [-0.25, -0.2) is 4.68 Å². The Bertz CT molecular complexity index is 983. The van der Waals surface area contributed by atoms with Crippen molar-refractivity contribution in [3.63, 3.8) is 0 Å². The minimum atomic E-state index is -0.153. The summed E-state index contributed by atoms with van der Waals surface area (Å²) in [5.74, 6) is -0.153. The maximum atomic E-state index is 12.6. The number of benzene rings is 1. The summed E-state index contributed by atoms with van der Waals surface area (Å²) in [5.41, 5.74) is 4.55. The van der Waals surface area contributed by atoms with Gasteiger partial charge in [-0.3, -0.25) is 9.79 Å². The molecule has 29 heavy (non-hydrogen) atoms. The second-order valence-corrected chi connectivity index (χ2v) is 8.46. The van der Waals surface area contributed by atoms with Crippen LogP contribution in [0.5, 0.6) is 0 Å². The highest BCUT2D eigenvalue weighted by atomic mass is 32.1. The van der Waals surface area contributed by atoms with Crippen LogP contribution in [0.1, 0.15) is 49.4 Å². The molecule has 1 unspecified atom stereocenters. The fourth-order valence-corrected chi connectivity index (χ4v) is 4.62. The van der Waals surface area contributed by atoms with Crippen molar-refractivity contribution < 1.29 is 9.50 Å². The number of allylic oxidation sites excluding steroid dienone is 1. The number of amides is 1. The van der Waals surface area contributed by atoms with E-state index in [0.29, 0.717) is 18.2 Å². The molecule has 1 aliphatic carbocycles. The van der Waals surface area contributed by atoms with E-state index in [1.807, 2.05) is 55.2 Å². The van der Waals surface area contributed by atoms with Gasteiger partial charge in [0.25, 0.3) is 5.91 Å². The lowest BCUT2D eigenvalue weighted by atomic mass is 9.96. The quantitative estimate of drug-likeness (QED) is 0.766. The molecule has 7 nitrogen and oxygen atoms in total. The van der Waals surface area contributed by atoms with Crippen LogP contribution in [-0.2, 0) is 7.05 Å². The Morgan fingerprint density at radius 3 is 2.69 bits per heavy atom. The summed E-state index contributed by atoms with van der Waals surface area (Å²) < 4.78 is 1.96. The van der Waals surface area contributed by atoms with Crippen LogP contribution in [0.2, 0.25) is 0 Å². The molecule has 1 aromatic heterocycles. The molecule has 4 rings (SSSR count). The highest BCUT2D eigenvalue weighted by molar-refractivity contribution is 7.12. The monoisotopic (exact) mass is 411 g/mol. The molecular formula is C21H27N6OS+. The summed E-state index contributed by atoms with van der Waals surface area (Å²) >= 11 is 1.60. The second kappa shape index (κ2) is 8.42. The zero-order chi connectivity index (χ0) is 20.3. The molecule has 152 valence electrons. The Morgan fingerprint density at radius 1 is 1.28 bits per heavy atom. The van der Waals surface area contributed by atoms with Gasteiger partial charge in [0, 0.05) is 24.3 Å². The number of aryl methyl sites for hydroxylation is 1. The summed E-state index contributed by atoms with van der Waals surface area (Å²) in [7, 11) is 1.95. The molecular weight excluding hydrogens is 384 g/mol. The van der Waals surface area contributed by atoms with Crippen LogP contribution in [0.15, 0.2) is 46.6 Å². The molecule has 1 aromatic carbocycles. The number of quaternary nitrogens is 1. The number of nitrogens with one attached hydrogen (secondary N) is 1. The molecule has 2 heterocycles. The molecule has 2 aromatic rings. The molecule has 1 atom stereocenters. The maximum absolute atomic E-state index is 12.6.